The molecule has 3 N–H and O–H groups in total. The summed E-state index contributed by atoms with van der Waals surface area (Å²) in [6, 6.07) is -1.12. The van der Waals surface area contributed by atoms with Gasteiger partial charge < -0.3 is 15.5 Å². The Hall–Kier alpha value is -2.25. The van der Waals surface area contributed by atoms with E-state index in [1.165, 1.54) is 6.21 Å². The zero-order valence-electron chi connectivity index (χ0n) is 10.2. The number of carbonyl (C=O) groups excluding carboxylic acids is 1. The molecule has 19 heavy (non-hydrogen) atoms. The van der Waals surface area contributed by atoms with Crippen LogP contribution in [0.3, 0.4) is 0 Å². The molecule has 1 heterocycles. The summed E-state index contributed by atoms with van der Waals surface area (Å²) in [6.45, 7) is 1.08. The molecule has 1 aliphatic heterocycles. The van der Waals surface area contributed by atoms with E-state index in [-0.39, 0.29) is 19.3 Å². The standard InChI is InChI=1S/C11H15N3O5/c15-9(1-2-10(16)17)14-8(11(18)19)5-7-6-12-3-4-13-7/h6,8H,1-5H2,(H,14,15)(H,16,17)(H,18,19). The molecule has 104 valence electrons. The average Bonchev–Trinajstić information content (AvgIpc) is 2.36. The van der Waals surface area contributed by atoms with Gasteiger partial charge in [0.25, 0.3) is 0 Å². The number of amides is 1. The smallest absolute Gasteiger partial charge is 0.326 e. The van der Waals surface area contributed by atoms with Gasteiger partial charge in [0, 0.05) is 19.1 Å². The van der Waals surface area contributed by atoms with Crippen molar-refractivity contribution < 1.29 is 24.6 Å². The molecule has 0 aliphatic carbocycles. The number of nitrogens with zero attached hydrogens (tertiary/aromatic N) is 2. The molecule has 8 heteroatoms. The van der Waals surface area contributed by atoms with Gasteiger partial charge in [-0.15, -0.1) is 0 Å². The van der Waals surface area contributed by atoms with Crippen LogP contribution in [0.25, 0.3) is 0 Å². The largest absolute Gasteiger partial charge is 0.481 e. The van der Waals surface area contributed by atoms with Gasteiger partial charge in [0.2, 0.25) is 5.91 Å². The molecule has 0 aromatic carbocycles. The van der Waals surface area contributed by atoms with Crippen LogP contribution in [0.2, 0.25) is 0 Å². The number of nitrogens with one attached hydrogen (secondary N) is 1. The highest BCUT2D eigenvalue weighted by Gasteiger charge is 2.22. The number of carboxylic acids is 2. The SMILES string of the molecule is O=C(O)CCC(=O)NC(CC1=NCCN=C1)C(=O)O. The number of carboxylic acid groups (broad SMARTS) is 2. The first-order valence-electron chi connectivity index (χ1n) is 5.76. The van der Waals surface area contributed by atoms with Gasteiger partial charge in [-0.1, -0.05) is 0 Å². The fourth-order valence-corrected chi connectivity index (χ4v) is 1.48. The summed E-state index contributed by atoms with van der Waals surface area (Å²) in [5, 5.41) is 19.7. The van der Waals surface area contributed by atoms with Gasteiger partial charge in [-0.05, 0) is 0 Å². The Morgan fingerprint density at radius 3 is 2.53 bits per heavy atom. The van der Waals surface area contributed by atoms with Crippen molar-refractivity contribution in [2.24, 2.45) is 9.98 Å². The number of hydrogen-bond donors (Lipinski definition) is 3. The van der Waals surface area contributed by atoms with Crippen molar-refractivity contribution in [1.82, 2.24) is 5.32 Å². The number of aliphatic imine (C=N–C) groups is 2. The minimum absolute atomic E-state index is 0.0393. The third-order valence-electron chi connectivity index (χ3n) is 2.40. The molecule has 1 atom stereocenters. The third kappa shape index (κ3) is 5.75. The minimum Gasteiger partial charge on any atom is -0.481 e. The number of carbonyl (C=O) groups is 3. The van der Waals surface area contributed by atoms with Crippen molar-refractivity contribution in [2.45, 2.75) is 25.3 Å². The van der Waals surface area contributed by atoms with E-state index in [1.807, 2.05) is 0 Å². The van der Waals surface area contributed by atoms with E-state index in [1.54, 1.807) is 0 Å². The summed E-state index contributed by atoms with van der Waals surface area (Å²) in [5.74, 6) is -2.90. The van der Waals surface area contributed by atoms with Gasteiger partial charge in [-0.3, -0.25) is 19.6 Å². The van der Waals surface area contributed by atoms with Crippen molar-refractivity contribution in [1.29, 1.82) is 0 Å². The summed E-state index contributed by atoms with van der Waals surface area (Å²) in [4.78, 5) is 40.8. The van der Waals surface area contributed by atoms with E-state index in [9.17, 15) is 14.4 Å². The fourth-order valence-electron chi connectivity index (χ4n) is 1.48. The number of aliphatic carboxylic acids is 2. The van der Waals surface area contributed by atoms with Crippen LogP contribution in [0.1, 0.15) is 19.3 Å². The van der Waals surface area contributed by atoms with E-state index in [4.69, 9.17) is 10.2 Å². The first-order chi connectivity index (χ1) is 8.99. The van der Waals surface area contributed by atoms with Crippen molar-refractivity contribution in [3.05, 3.63) is 0 Å². The Kier molecular flexibility index (Phi) is 5.65. The van der Waals surface area contributed by atoms with Crippen molar-refractivity contribution in [2.75, 3.05) is 13.1 Å². The zero-order chi connectivity index (χ0) is 14.3. The molecular formula is C11H15N3O5. The number of hydrogen-bond acceptors (Lipinski definition) is 5. The lowest BCUT2D eigenvalue weighted by Gasteiger charge is -2.15. The maximum atomic E-state index is 11.4. The third-order valence-corrected chi connectivity index (χ3v) is 2.40. The van der Waals surface area contributed by atoms with Crippen LogP contribution in [-0.2, 0) is 14.4 Å². The maximum Gasteiger partial charge on any atom is 0.326 e. The molecule has 0 aromatic rings. The van der Waals surface area contributed by atoms with E-state index in [0.717, 1.165) is 0 Å². The maximum absolute atomic E-state index is 11.4. The fraction of sp³-hybridized carbons (Fsp3) is 0.545. The van der Waals surface area contributed by atoms with E-state index < -0.39 is 23.9 Å². The highest BCUT2D eigenvalue weighted by Crippen LogP contribution is 2.00. The highest BCUT2D eigenvalue weighted by molar-refractivity contribution is 6.31. The zero-order valence-corrected chi connectivity index (χ0v) is 10.2. The molecular weight excluding hydrogens is 254 g/mol. The van der Waals surface area contributed by atoms with Gasteiger partial charge in [0.15, 0.2) is 0 Å². The molecule has 0 fully saturated rings. The monoisotopic (exact) mass is 269 g/mol. The molecule has 0 aromatic heterocycles. The van der Waals surface area contributed by atoms with Gasteiger partial charge in [0.05, 0.1) is 25.2 Å². The van der Waals surface area contributed by atoms with E-state index in [0.29, 0.717) is 18.8 Å². The van der Waals surface area contributed by atoms with Crippen LogP contribution in [0, 0.1) is 0 Å². The second-order valence-corrected chi connectivity index (χ2v) is 3.96. The van der Waals surface area contributed by atoms with Gasteiger partial charge in [-0.2, -0.15) is 0 Å². The first-order valence-corrected chi connectivity index (χ1v) is 5.76. The molecule has 0 saturated carbocycles. The first kappa shape index (κ1) is 14.8. The van der Waals surface area contributed by atoms with Crippen LogP contribution in [0.4, 0.5) is 0 Å². The Morgan fingerprint density at radius 2 is 2.00 bits per heavy atom. The van der Waals surface area contributed by atoms with Crippen molar-refractivity contribution >= 4 is 29.8 Å². The molecule has 0 spiro atoms. The molecule has 1 aliphatic rings. The lowest BCUT2D eigenvalue weighted by molar-refractivity contribution is -0.142. The lowest BCUT2D eigenvalue weighted by Crippen LogP contribution is -2.42. The summed E-state index contributed by atoms with van der Waals surface area (Å²) in [7, 11) is 0. The average molecular weight is 269 g/mol. The van der Waals surface area contributed by atoms with Gasteiger partial charge >= 0.3 is 11.9 Å². The molecule has 8 nitrogen and oxygen atoms in total. The summed E-state index contributed by atoms with van der Waals surface area (Å²) < 4.78 is 0. The number of rotatable bonds is 7. The molecule has 0 saturated heterocycles. The van der Waals surface area contributed by atoms with Gasteiger partial charge in [0.1, 0.15) is 6.04 Å². The van der Waals surface area contributed by atoms with Crippen LogP contribution in [-0.4, -0.2) is 59.1 Å². The van der Waals surface area contributed by atoms with Crippen molar-refractivity contribution in [3.63, 3.8) is 0 Å². The van der Waals surface area contributed by atoms with Crippen LogP contribution >= 0.6 is 0 Å². The van der Waals surface area contributed by atoms with E-state index >= 15 is 0 Å². The molecule has 0 radical (unpaired) electrons. The lowest BCUT2D eigenvalue weighted by atomic mass is 10.1. The summed E-state index contributed by atoms with van der Waals surface area (Å²) >= 11 is 0. The van der Waals surface area contributed by atoms with Crippen molar-refractivity contribution in [3.8, 4) is 0 Å². The highest BCUT2D eigenvalue weighted by atomic mass is 16.4. The topological polar surface area (TPSA) is 128 Å². The minimum atomic E-state index is -1.19. The second-order valence-electron chi connectivity index (χ2n) is 3.96. The molecule has 0 bridgehead atoms. The van der Waals surface area contributed by atoms with E-state index in [2.05, 4.69) is 15.3 Å². The predicted molar refractivity (Wildman–Crippen MR) is 66.7 cm³/mol. The van der Waals surface area contributed by atoms with Crippen LogP contribution in [0.15, 0.2) is 9.98 Å². The normalized spacial score (nSPS) is 15.5. The second kappa shape index (κ2) is 7.24. The van der Waals surface area contributed by atoms with Crippen LogP contribution in [0.5, 0.6) is 0 Å². The molecule has 1 amide bonds. The summed E-state index contributed by atoms with van der Waals surface area (Å²) in [5.41, 5.74) is 0.511. The molecule has 1 unspecified atom stereocenters. The Bertz CT molecular complexity index is 430. The van der Waals surface area contributed by atoms with Gasteiger partial charge in [-0.25, -0.2) is 4.79 Å². The molecule has 1 rings (SSSR count). The Morgan fingerprint density at radius 1 is 1.26 bits per heavy atom. The Labute approximate surface area is 109 Å². The predicted octanol–water partition coefficient (Wildman–Crippen LogP) is -0.664. The summed E-state index contributed by atoms with van der Waals surface area (Å²) in [6.07, 6.45) is 0.945. The Balaban J connectivity index is 2.50. The quantitative estimate of drug-likeness (QED) is 0.565. The van der Waals surface area contributed by atoms with Crippen LogP contribution < -0.4 is 5.32 Å².